The molecule has 1 aliphatic heterocycles. The van der Waals surface area contributed by atoms with Crippen LogP contribution in [-0.2, 0) is 11.6 Å². The first-order valence-electron chi connectivity index (χ1n) is 11.7. The standard InChI is InChI=1S/C29H19BrCl2F3N3O/c30-21-9-13-23(14-10-21)36-27(39)38-17-28(19-4-2-1-3-5-19,20-7-11-22(31)12-8-20)26(37-38)18-6-15-24(25(32)16-18)29(33,34)35/h1-16H,17H2,(H,36,39). The van der Waals surface area contributed by atoms with Crippen LogP contribution >= 0.6 is 39.1 Å². The van der Waals surface area contributed by atoms with E-state index in [2.05, 4.69) is 26.3 Å². The van der Waals surface area contributed by atoms with Gasteiger partial charge in [0.2, 0.25) is 0 Å². The number of rotatable bonds is 4. The molecule has 1 heterocycles. The second-order valence-corrected chi connectivity index (χ2v) is 10.7. The lowest BCUT2D eigenvalue weighted by atomic mass is 9.69. The summed E-state index contributed by atoms with van der Waals surface area (Å²) >= 11 is 15.7. The summed E-state index contributed by atoms with van der Waals surface area (Å²) in [6.45, 7) is 0.0784. The molecule has 1 aliphatic rings. The summed E-state index contributed by atoms with van der Waals surface area (Å²) in [5.74, 6) is 0. The Bertz CT molecular complexity index is 1550. The fourth-order valence-corrected chi connectivity index (χ4v) is 5.33. The molecule has 198 valence electrons. The Morgan fingerprint density at radius 2 is 1.54 bits per heavy atom. The minimum absolute atomic E-state index is 0.0784. The minimum Gasteiger partial charge on any atom is -0.306 e. The predicted molar refractivity (Wildman–Crippen MR) is 152 cm³/mol. The quantitative estimate of drug-likeness (QED) is 0.240. The van der Waals surface area contributed by atoms with Crippen molar-refractivity contribution in [3.8, 4) is 0 Å². The molecule has 0 aliphatic carbocycles. The number of urea groups is 1. The Morgan fingerprint density at radius 1 is 0.897 bits per heavy atom. The Morgan fingerprint density at radius 3 is 2.15 bits per heavy atom. The number of nitrogens with zero attached hydrogens (tertiary/aromatic N) is 2. The van der Waals surface area contributed by atoms with Gasteiger partial charge in [-0.25, -0.2) is 9.80 Å². The number of amides is 2. The highest BCUT2D eigenvalue weighted by molar-refractivity contribution is 9.10. The number of halogens is 6. The number of hydrogen-bond acceptors (Lipinski definition) is 2. The minimum atomic E-state index is -4.61. The zero-order valence-corrected chi connectivity index (χ0v) is 23.1. The molecule has 0 radical (unpaired) electrons. The number of carbonyl (C=O) groups is 1. The van der Waals surface area contributed by atoms with Crippen LogP contribution in [0.15, 0.2) is 107 Å². The van der Waals surface area contributed by atoms with E-state index in [0.29, 0.717) is 22.0 Å². The van der Waals surface area contributed by atoms with Crippen molar-refractivity contribution in [1.82, 2.24) is 5.01 Å². The van der Waals surface area contributed by atoms with E-state index in [1.807, 2.05) is 42.5 Å². The fraction of sp³-hybridized carbons (Fsp3) is 0.103. The highest BCUT2D eigenvalue weighted by Crippen LogP contribution is 2.43. The first-order chi connectivity index (χ1) is 18.6. The molecule has 1 atom stereocenters. The van der Waals surface area contributed by atoms with Crippen molar-refractivity contribution in [1.29, 1.82) is 0 Å². The number of hydrogen-bond donors (Lipinski definition) is 1. The van der Waals surface area contributed by atoms with E-state index in [0.717, 1.165) is 21.7 Å². The van der Waals surface area contributed by atoms with Crippen LogP contribution < -0.4 is 5.32 Å². The molecule has 0 spiro atoms. The third-order valence-corrected chi connectivity index (χ3v) is 7.59. The molecule has 0 aromatic heterocycles. The highest BCUT2D eigenvalue weighted by Gasteiger charge is 2.48. The molecule has 4 aromatic carbocycles. The molecule has 0 saturated heterocycles. The Balaban J connectivity index is 1.67. The topological polar surface area (TPSA) is 44.7 Å². The number of benzene rings is 4. The van der Waals surface area contributed by atoms with Gasteiger partial charge < -0.3 is 5.32 Å². The number of hydrazone groups is 1. The molecule has 39 heavy (non-hydrogen) atoms. The van der Waals surface area contributed by atoms with Gasteiger partial charge in [0.05, 0.1) is 28.3 Å². The molecule has 2 amide bonds. The van der Waals surface area contributed by atoms with Gasteiger partial charge in [-0.15, -0.1) is 0 Å². The van der Waals surface area contributed by atoms with E-state index >= 15 is 0 Å². The molecular weight excluding hydrogens is 614 g/mol. The second kappa shape index (κ2) is 10.7. The SMILES string of the molecule is O=C(Nc1ccc(Br)cc1)N1CC(c2ccccc2)(c2ccc(Cl)cc2)C(c2ccc(C(F)(F)F)c(Cl)c2)=N1. The van der Waals surface area contributed by atoms with Crippen LogP contribution in [0.25, 0.3) is 0 Å². The van der Waals surface area contributed by atoms with Gasteiger partial charge in [0.25, 0.3) is 0 Å². The first-order valence-corrected chi connectivity index (χ1v) is 13.2. The first kappa shape index (κ1) is 27.2. The van der Waals surface area contributed by atoms with Crippen molar-refractivity contribution < 1.29 is 18.0 Å². The van der Waals surface area contributed by atoms with Crippen molar-refractivity contribution >= 4 is 56.6 Å². The fourth-order valence-electron chi connectivity index (χ4n) is 4.66. The predicted octanol–water partition coefficient (Wildman–Crippen LogP) is 9.01. The maximum absolute atomic E-state index is 13.5. The van der Waals surface area contributed by atoms with Crippen LogP contribution in [0.1, 0.15) is 22.3 Å². The monoisotopic (exact) mass is 631 g/mol. The lowest BCUT2D eigenvalue weighted by Gasteiger charge is -2.32. The Labute approximate surface area is 241 Å². The summed E-state index contributed by atoms with van der Waals surface area (Å²) in [5, 5.41) is 8.86. The Hall–Kier alpha value is -3.33. The van der Waals surface area contributed by atoms with E-state index in [9.17, 15) is 18.0 Å². The van der Waals surface area contributed by atoms with Crippen molar-refractivity contribution in [2.24, 2.45) is 5.10 Å². The van der Waals surface area contributed by atoms with Gasteiger partial charge in [0.1, 0.15) is 0 Å². The number of alkyl halides is 3. The molecule has 0 fully saturated rings. The summed E-state index contributed by atoms with van der Waals surface area (Å²) in [6, 6.07) is 26.5. The molecule has 5 rings (SSSR count). The Kier molecular flexibility index (Phi) is 7.46. The third-order valence-electron chi connectivity index (χ3n) is 6.49. The van der Waals surface area contributed by atoms with Gasteiger partial charge in [-0.2, -0.15) is 18.3 Å². The lowest BCUT2D eigenvalue weighted by Crippen LogP contribution is -2.42. The summed E-state index contributed by atoms with van der Waals surface area (Å²) < 4.78 is 41.3. The van der Waals surface area contributed by atoms with Crippen molar-refractivity contribution in [2.45, 2.75) is 11.6 Å². The molecular formula is C29H19BrCl2F3N3O. The van der Waals surface area contributed by atoms with Gasteiger partial charge in [-0.05, 0) is 59.7 Å². The number of nitrogens with one attached hydrogen (secondary N) is 1. The second-order valence-electron chi connectivity index (χ2n) is 8.91. The largest absolute Gasteiger partial charge is 0.417 e. The maximum atomic E-state index is 13.5. The molecule has 4 nitrogen and oxygen atoms in total. The molecule has 1 unspecified atom stereocenters. The van der Waals surface area contributed by atoms with Gasteiger partial charge >= 0.3 is 12.2 Å². The smallest absolute Gasteiger partial charge is 0.306 e. The van der Waals surface area contributed by atoms with Crippen molar-refractivity contribution in [2.75, 3.05) is 11.9 Å². The van der Waals surface area contributed by atoms with E-state index < -0.39 is 28.2 Å². The summed E-state index contributed by atoms with van der Waals surface area (Å²) in [6.07, 6.45) is -4.61. The number of anilines is 1. The van der Waals surface area contributed by atoms with E-state index in [4.69, 9.17) is 23.2 Å². The number of carbonyl (C=O) groups excluding carboxylic acids is 1. The summed E-state index contributed by atoms with van der Waals surface area (Å²) in [7, 11) is 0. The van der Waals surface area contributed by atoms with Gasteiger partial charge in [-0.1, -0.05) is 87.7 Å². The average Bonchev–Trinajstić information content (AvgIpc) is 3.32. The normalized spacial score (nSPS) is 17.2. The maximum Gasteiger partial charge on any atom is 0.417 e. The van der Waals surface area contributed by atoms with Crippen LogP contribution in [0.5, 0.6) is 0 Å². The van der Waals surface area contributed by atoms with Crippen molar-refractivity contribution in [3.63, 3.8) is 0 Å². The molecule has 1 N–H and O–H groups in total. The van der Waals surface area contributed by atoms with E-state index in [1.54, 1.807) is 36.4 Å². The summed E-state index contributed by atoms with van der Waals surface area (Å²) in [5.41, 5.74) is 0.844. The zero-order chi connectivity index (χ0) is 27.8. The zero-order valence-electron chi connectivity index (χ0n) is 20.0. The van der Waals surface area contributed by atoms with E-state index in [-0.39, 0.29) is 6.54 Å². The molecule has 10 heteroatoms. The molecule has 4 aromatic rings. The van der Waals surface area contributed by atoms with Crippen LogP contribution in [0.2, 0.25) is 10.0 Å². The van der Waals surface area contributed by atoms with Crippen LogP contribution in [-0.4, -0.2) is 23.3 Å². The summed E-state index contributed by atoms with van der Waals surface area (Å²) in [4.78, 5) is 13.4. The molecule has 0 saturated carbocycles. The lowest BCUT2D eigenvalue weighted by molar-refractivity contribution is -0.137. The third kappa shape index (κ3) is 5.41. The van der Waals surface area contributed by atoms with Gasteiger partial charge in [0, 0.05) is 20.7 Å². The van der Waals surface area contributed by atoms with Gasteiger partial charge in [0.15, 0.2) is 0 Å². The highest BCUT2D eigenvalue weighted by atomic mass is 79.9. The molecule has 0 bridgehead atoms. The average molecular weight is 633 g/mol. The van der Waals surface area contributed by atoms with Gasteiger partial charge in [-0.3, -0.25) is 0 Å². The van der Waals surface area contributed by atoms with Crippen LogP contribution in [0.4, 0.5) is 23.7 Å². The van der Waals surface area contributed by atoms with Crippen molar-refractivity contribution in [3.05, 3.63) is 134 Å². The van der Waals surface area contributed by atoms with Crippen LogP contribution in [0.3, 0.4) is 0 Å². The van der Waals surface area contributed by atoms with Crippen LogP contribution in [0, 0.1) is 0 Å². The van der Waals surface area contributed by atoms with E-state index in [1.165, 1.54) is 17.1 Å².